The lowest BCUT2D eigenvalue weighted by Crippen LogP contribution is -2.15. The molecule has 0 unspecified atom stereocenters. The molecule has 1 rings (SSSR count). The van der Waals surface area contributed by atoms with E-state index in [0.717, 1.165) is 32.3 Å². The summed E-state index contributed by atoms with van der Waals surface area (Å²) >= 11 is 0. The van der Waals surface area contributed by atoms with Gasteiger partial charge in [-0.1, -0.05) is 0 Å². The Morgan fingerprint density at radius 1 is 1.30 bits per heavy atom. The first-order chi connectivity index (χ1) is 4.93. The zero-order chi connectivity index (χ0) is 7.23. The summed E-state index contributed by atoms with van der Waals surface area (Å²) < 4.78 is 10.4. The topological polar surface area (TPSA) is 35.5 Å². The minimum atomic E-state index is -0.278. The quantitative estimate of drug-likeness (QED) is 0.536. The second-order valence-corrected chi connectivity index (χ2v) is 2.28. The molecule has 0 aliphatic carbocycles. The maximum Gasteiger partial charge on any atom is 0.164 e. The number of ether oxygens (including phenoxy) is 2. The third-order valence-electron chi connectivity index (χ3n) is 1.43. The number of carbonyl (C=O) groups is 1. The minimum Gasteiger partial charge on any atom is -0.352 e. The molecule has 3 nitrogen and oxygen atoms in total. The Labute approximate surface area is 60.3 Å². The number of carbonyl (C=O) groups excluding carboxylic acids is 1. The Morgan fingerprint density at radius 2 is 1.90 bits per heavy atom. The Bertz CT molecular complexity index is 95.0. The van der Waals surface area contributed by atoms with Gasteiger partial charge in [-0.2, -0.15) is 0 Å². The van der Waals surface area contributed by atoms with E-state index in [0.29, 0.717) is 6.42 Å². The second kappa shape index (κ2) is 4.41. The van der Waals surface area contributed by atoms with Gasteiger partial charge in [-0.15, -0.1) is 0 Å². The van der Waals surface area contributed by atoms with Gasteiger partial charge in [-0.25, -0.2) is 0 Å². The molecule has 0 bridgehead atoms. The lowest BCUT2D eigenvalue weighted by atomic mass is 10.3. The zero-order valence-electron chi connectivity index (χ0n) is 5.91. The lowest BCUT2D eigenvalue weighted by Gasteiger charge is -2.10. The van der Waals surface area contributed by atoms with Crippen molar-refractivity contribution in [3.8, 4) is 0 Å². The summed E-state index contributed by atoms with van der Waals surface area (Å²) in [6, 6.07) is 0. The Kier molecular flexibility index (Phi) is 3.40. The molecular formula is C7H12O3. The van der Waals surface area contributed by atoms with Crippen molar-refractivity contribution in [2.24, 2.45) is 0 Å². The monoisotopic (exact) mass is 144 g/mol. The summed E-state index contributed by atoms with van der Waals surface area (Å²) in [5.74, 6) is 0. The summed E-state index contributed by atoms with van der Waals surface area (Å²) in [4.78, 5) is 10.0. The van der Waals surface area contributed by atoms with Crippen molar-refractivity contribution in [3.05, 3.63) is 0 Å². The van der Waals surface area contributed by atoms with Gasteiger partial charge >= 0.3 is 0 Å². The smallest absolute Gasteiger partial charge is 0.164 e. The lowest BCUT2D eigenvalue weighted by molar-refractivity contribution is -0.139. The standard InChI is InChI=1S/C7H12O3/c8-4-3-7-9-5-1-2-6-10-7/h4,7H,1-3,5-6H2. The fourth-order valence-electron chi connectivity index (χ4n) is 0.896. The van der Waals surface area contributed by atoms with Crippen molar-refractivity contribution in [1.29, 1.82) is 0 Å². The molecule has 1 fully saturated rings. The molecule has 0 spiro atoms. The number of hydrogen-bond acceptors (Lipinski definition) is 3. The second-order valence-electron chi connectivity index (χ2n) is 2.28. The molecule has 0 aromatic heterocycles. The molecular weight excluding hydrogens is 132 g/mol. The van der Waals surface area contributed by atoms with Gasteiger partial charge < -0.3 is 14.3 Å². The fraction of sp³-hybridized carbons (Fsp3) is 0.857. The summed E-state index contributed by atoms with van der Waals surface area (Å²) in [6.45, 7) is 1.44. The maximum atomic E-state index is 10.0. The van der Waals surface area contributed by atoms with E-state index in [1.807, 2.05) is 0 Å². The highest BCUT2D eigenvalue weighted by Gasteiger charge is 2.10. The van der Waals surface area contributed by atoms with Crippen LogP contribution in [0.15, 0.2) is 0 Å². The third-order valence-corrected chi connectivity index (χ3v) is 1.43. The molecule has 1 aliphatic heterocycles. The highest BCUT2D eigenvalue weighted by Crippen LogP contribution is 2.07. The molecule has 1 aliphatic rings. The number of aldehydes is 1. The van der Waals surface area contributed by atoms with Gasteiger partial charge in [0.15, 0.2) is 6.29 Å². The van der Waals surface area contributed by atoms with Gasteiger partial charge in [-0.3, -0.25) is 0 Å². The molecule has 0 radical (unpaired) electrons. The van der Waals surface area contributed by atoms with E-state index in [4.69, 9.17) is 9.47 Å². The van der Waals surface area contributed by atoms with Crippen LogP contribution in [0.4, 0.5) is 0 Å². The SMILES string of the molecule is O=CCC1OCCCCO1. The molecule has 0 amide bonds. The predicted molar refractivity (Wildman–Crippen MR) is 35.6 cm³/mol. The van der Waals surface area contributed by atoms with Crippen LogP contribution >= 0.6 is 0 Å². The molecule has 1 saturated heterocycles. The van der Waals surface area contributed by atoms with Crippen molar-refractivity contribution < 1.29 is 14.3 Å². The molecule has 0 aromatic carbocycles. The summed E-state index contributed by atoms with van der Waals surface area (Å²) in [5.41, 5.74) is 0. The van der Waals surface area contributed by atoms with Crippen LogP contribution in [-0.4, -0.2) is 25.8 Å². The normalized spacial score (nSPS) is 22.0. The highest BCUT2D eigenvalue weighted by atomic mass is 16.7. The highest BCUT2D eigenvalue weighted by molar-refractivity contribution is 5.49. The summed E-state index contributed by atoms with van der Waals surface area (Å²) in [5, 5.41) is 0. The average molecular weight is 144 g/mol. The molecule has 3 heteroatoms. The fourth-order valence-corrected chi connectivity index (χ4v) is 0.896. The first-order valence-electron chi connectivity index (χ1n) is 3.60. The third kappa shape index (κ3) is 2.45. The molecule has 10 heavy (non-hydrogen) atoms. The number of hydrogen-bond donors (Lipinski definition) is 0. The van der Waals surface area contributed by atoms with Gasteiger partial charge in [0.1, 0.15) is 6.29 Å². The van der Waals surface area contributed by atoms with Crippen molar-refractivity contribution in [1.82, 2.24) is 0 Å². The molecule has 0 N–H and O–H groups in total. The van der Waals surface area contributed by atoms with Crippen molar-refractivity contribution in [3.63, 3.8) is 0 Å². The van der Waals surface area contributed by atoms with E-state index in [2.05, 4.69) is 0 Å². The van der Waals surface area contributed by atoms with Crippen LogP contribution in [0.2, 0.25) is 0 Å². The van der Waals surface area contributed by atoms with Crippen LogP contribution < -0.4 is 0 Å². The number of rotatable bonds is 2. The van der Waals surface area contributed by atoms with E-state index in [-0.39, 0.29) is 6.29 Å². The molecule has 0 aromatic rings. The van der Waals surface area contributed by atoms with Crippen molar-refractivity contribution in [2.45, 2.75) is 25.6 Å². The van der Waals surface area contributed by atoms with Crippen molar-refractivity contribution >= 4 is 6.29 Å². The summed E-state index contributed by atoms with van der Waals surface area (Å²) in [7, 11) is 0. The van der Waals surface area contributed by atoms with Crippen LogP contribution in [0.25, 0.3) is 0 Å². The average Bonchev–Trinajstić information content (AvgIpc) is 2.17. The largest absolute Gasteiger partial charge is 0.352 e. The minimum absolute atomic E-state index is 0.278. The Morgan fingerprint density at radius 3 is 2.40 bits per heavy atom. The Hall–Kier alpha value is -0.410. The van der Waals surface area contributed by atoms with Gasteiger partial charge in [-0.05, 0) is 12.8 Å². The van der Waals surface area contributed by atoms with Gasteiger partial charge in [0.25, 0.3) is 0 Å². The van der Waals surface area contributed by atoms with Gasteiger partial charge in [0.05, 0.1) is 6.42 Å². The van der Waals surface area contributed by atoms with Crippen LogP contribution in [0, 0.1) is 0 Å². The van der Waals surface area contributed by atoms with Crippen LogP contribution in [-0.2, 0) is 14.3 Å². The zero-order valence-corrected chi connectivity index (χ0v) is 5.91. The first-order valence-corrected chi connectivity index (χ1v) is 3.60. The van der Waals surface area contributed by atoms with Crippen molar-refractivity contribution in [2.75, 3.05) is 13.2 Å². The molecule has 1 heterocycles. The summed E-state index contributed by atoms with van der Waals surface area (Å²) in [6.07, 6.45) is 2.99. The van der Waals surface area contributed by atoms with E-state index >= 15 is 0 Å². The van der Waals surface area contributed by atoms with Crippen LogP contribution in [0.3, 0.4) is 0 Å². The predicted octanol–water partition coefficient (Wildman–Crippen LogP) is 0.728. The van der Waals surface area contributed by atoms with Crippen LogP contribution in [0.1, 0.15) is 19.3 Å². The van der Waals surface area contributed by atoms with Crippen LogP contribution in [0.5, 0.6) is 0 Å². The Balaban J connectivity index is 2.21. The molecule has 0 atom stereocenters. The van der Waals surface area contributed by atoms with E-state index < -0.39 is 0 Å². The van der Waals surface area contributed by atoms with Gasteiger partial charge in [0, 0.05) is 13.2 Å². The van der Waals surface area contributed by atoms with E-state index in [9.17, 15) is 4.79 Å². The van der Waals surface area contributed by atoms with E-state index in [1.165, 1.54) is 0 Å². The first kappa shape index (κ1) is 7.69. The van der Waals surface area contributed by atoms with E-state index in [1.54, 1.807) is 0 Å². The van der Waals surface area contributed by atoms with Gasteiger partial charge in [0.2, 0.25) is 0 Å². The maximum absolute atomic E-state index is 10.0. The molecule has 0 saturated carbocycles. The molecule has 58 valence electrons.